The van der Waals surface area contributed by atoms with Crippen molar-refractivity contribution < 1.29 is 24.2 Å². The summed E-state index contributed by atoms with van der Waals surface area (Å²) >= 11 is 5.11. The number of hydrogen-bond donors (Lipinski definition) is 1. The molecule has 4 aromatic carbocycles. The van der Waals surface area contributed by atoms with Gasteiger partial charge in [-0.15, -0.1) is 11.3 Å². The number of nitrogens with zero attached hydrogens (tertiary/aromatic N) is 2. The number of fused-ring (bicyclic) bond motifs is 1. The van der Waals surface area contributed by atoms with E-state index in [1.807, 2.05) is 54.6 Å². The number of unbranched alkanes of at least 4 members (excludes halogenated alkanes) is 2. The number of benzene rings is 4. The number of piperazine rings is 1. The third-order valence-electron chi connectivity index (χ3n) is 8.23. The van der Waals surface area contributed by atoms with E-state index < -0.39 is 0 Å². The molecule has 7 nitrogen and oxygen atoms in total. The van der Waals surface area contributed by atoms with Crippen molar-refractivity contribution in [2.45, 2.75) is 19.3 Å². The first-order valence-corrected chi connectivity index (χ1v) is 17.1. The number of ether oxygens (including phenoxy) is 2. The minimum atomic E-state index is 0.234. The topological polar surface area (TPSA) is 79.3 Å². The lowest BCUT2D eigenvalue weighted by molar-refractivity contribution is 0.109. The lowest BCUT2D eigenvalue weighted by atomic mass is 10.1. The van der Waals surface area contributed by atoms with E-state index in [0.717, 1.165) is 112 Å². The highest BCUT2D eigenvalue weighted by Gasteiger charge is 2.19. The Labute approximate surface area is 281 Å². The Hall–Kier alpha value is -4.18. The summed E-state index contributed by atoms with van der Waals surface area (Å²) in [6, 6.07) is 26.7. The molecule has 0 unspecified atom stereocenters. The Balaban J connectivity index is 0.948. The number of phenolic OH excluding ortho intramolecular Hbond substituents is 1. The second-order valence-electron chi connectivity index (χ2n) is 11.3. The number of phenols is 1. The van der Waals surface area contributed by atoms with Gasteiger partial charge in [0.2, 0.25) is 0 Å². The van der Waals surface area contributed by atoms with E-state index in [1.165, 1.54) is 0 Å². The highest BCUT2D eigenvalue weighted by Crippen LogP contribution is 2.47. The molecule has 0 aliphatic carbocycles. The molecule has 46 heavy (non-hydrogen) atoms. The van der Waals surface area contributed by atoms with Crippen molar-refractivity contribution >= 4 is 55.6 Å². The van der Waals surface area contributed by atoms with Crippen molar-refractivity contribution in [1.29, 1.82) is 0 Å². The lowest BCUT2D eigenvalue weighted by Crippen LogP contribution is -2.46. The third kappa shape index (κ3) is 7.61. The van der Waals surface area contributed by atoms with Gasteiger partial charge in [-0.25, -0.2) is 0 Å². The first kappa shape index (κ1) is 31.8. The fraction of sp³-hybridized carbons (Fsp3) is 0.243. The molecule has 0 atom stereocenters. The van der Waals surface area contributed by atoms with Crippen molar-refractivity contribution in [3.8, 4) is 33.4 Å². The van der Waals surface area contributed by atoms with Crippen LogP contribution in [0.3, 0.4) is 0 Å². The fourth-order valence-electron chi connectivity index (χ4n) is 5.68. The number of thiophene rings is 1. The summed E-state index contributed by atoms with van der Waals surface area (Å²) in [6.07, 6.45) is 4.67. The van der Waals surface area contributed by atoms with Gasteiger partial charge in [-0.3, -0.25) is 14.5 Å². The van der Waals surface area contributed by atoms with Gasteiger partial charge in [0, 0.05) is 57.6 Å². The molecule has 1 aliphatic rings. The van der Waals surface area contributed by atoms with Gasteiger partial charge in [-0.05, 0) is 104 Å². The second-order valence-corrected chi connectivity index (χ2v) is 13.3. The Morgan fingerprint density at radius 2 is 1.52 bits per heavy atom. The van der Waals surface area contributed by atoms with Crippen LogP contribution in [0, 0.1) is 0 Å². The highest BCUT2D eigenvalue weighted by atomic mass is 79.9. The van der Waals surface area contributed by atoms with Crippen LogP contribution in [-0.2, 0) is 0 Å². The molecule has 1 N–H and O–H groups in total. The molecule has 0 spiro atoms. The summed E-state index contributed by atoms with van der Waals surface area (Å²) in [5.74, 6) is 2.55. The summed E-state index contributed by atoms with van der Waals surface area (Å²) in [5, 5.41) is 11.0. The van der Waals surface area contributed by atoms with Crippen LogP contribution in [0.4, 0.5) is 5.69 Å². The quantitative estimate of drug-likeness (QED) is 0.0972. The number of carbonyl (C=O) groups is 2. The van der Waals surface area contributed by atoms with Gasteiger partial charge in [0.25, 0.3) is 0 Å². The van der Waals surface area contributed by atoms with E-state index in [-0.39, 0.29) is 5.75 Å². The SMILES string of the molecule is O=Cc1ccc(N2CCN(CCCCCOc3ccc(Oc4c(-c5ccc(Br)cc5)sc5cc(O)ccc45)cc3)CC2)cc1C=O. The van der Waals surface area contributed by atoms with E-state index in [0.29, 0.717) is 17.7 Å². The van der Waals surface area contributed by atoms with E-state index in [2.05, 4.69) is 37.9 Å². The number of rotatable bonds is 13. The molecule has 0 amide bonds. The van der Waals surface area contributed by atoms with Crippen molar-refractivity contribution in [2.24, 2.45) is 0 Å². The van der Waals surface area contributed by atoms with Crippen molar-refractivity contribution in [2.75, 3.05) is 44.2 Å². The average Bonchev–Trinajstić information content (AvgIpc) is 3.44. The van der Waals surface area contributed by atoms with Gasteiger partial charge >= 0.3 is 0 Å². The Morgan fingerprint density at radius 3 is 2.26 bits per heavy atom. The predicted molar refractivity (Wildman–Crippen MR) is 188 cm³/mol. The van der Waals surface area contributed by atoms with Crippen LogP contribution >= 0.6 is 27.3 Å². The molecule has 0 bridgehead atoms. The average molecular weight is 700 g/mol. The van der Waals surface area contributed by atoms with Crippen LogP contribution < -0.4 is 14.4 Å². The van der Waals surface area contributed by atoms with E-state index in [1.54, 1.807) is 29.5 Å². The normalized spacial score (nSPS) is 13.5. The largest absolute Gasteiger partial charge is 0.508 e. The molecule has 9 heteroatoms. The molecule has 5 aromatic rings. The van der Waals surface area contributed by atoms with Crippen molar-refractivity contribution in [1.82, 2.24) is 4.90 Å². The van der Waals surface area contributed by atoms with Crippen LogP contribution in [0.25, 0.3) is 20.5 Å². The predicted octanol–water partition coefficient (Wildman–Crippen LogP) is 8.83. The van der Waals surface area contributed by atoms with Gasteiger partial charge < -0.3 is 19.5 Å². The van der Waals surface area contributed by atoms with E-state index in [9.17, 15) is 14.7 Å². The van der Waals surface area contributed by atoms with E-state index >= 15 is 0 Å². The molecule has 1 saturated heterocycles. The number of hydrogen-bond acceptors (Lipinski definition) is 8. The maximum Gasteiger partial charge on any atom is 0.153 e. The zero-order valence-corrected chi connectivity index (χ0v) is 27.8. The maximum absolute atomic E-state index is 11.3. The maximum atomic E-state index is 11.3. The summed E-state index contributed by atoms with van der Waals surface area (Å²) in [5.41, 5.74) is 2.93. The number of anilines is 1. The highest BCUT2D eigenvalue weighted by molar-refractivity contribution is 9.10. The molecule has 2 heterocycles. The molecular weight excluding hydrogens is 664 g/mol. The molecular formula is C37H35BrN2O5S. The van der Waals surface area contributed by atoms with Gasteiger partial charge in [-0.1, -0.05) is 28.1 Å². The lowest BCUT2D eigenvalue weighted by Gasteiger charge is -2.36. The molecule has 236 valence electrons. The van der Waals surface area contributed by atoms with Gasteiger partial charge in [0.15, 0.2) is 18.3 Å². The van der Waals surface area contributed by atoms with Gasteiger partial charge in [0.05, 0.1) is 11.5 Å². The molecule has 1 aliphatic heterocycles. The Morgan fingerprint density at radius 1 is 0.783 bits per heavy atom. The minimum absolute atomic E-state index is 0.234. The van der Waals surface area contributed by atoms with Crippen LogP contribution in [0.2, 0.25) is 0 Å². The molecule has 1 fully saturated rings. The Bertz CT molecular complexity index is 1800. The monoisotopic (exact) mass is 698 g/mol. The number of halogens is 1. The van der Waals surface area contributed by atoms with E-state index in [4.69, 9.17) is 9.47 Å². The van der Waals surface area contributed by atoms with Crippen molar-refractivity contribution in [3.05, 3.63) is 101 Å². The minimum Gasteiger partial charge on any atom is -0.508 e. The zero-order chi connectivity index (χ0) is 31.9. The Kier molecular flexibility index (Phi) is 10.3. The summed E-state index contributed by atoms with van der Waals surface area (Å²) in [7, 11) is 0. The zero-order valence-electron chi connectivity index (χ0n) is 25.4. The smallest absolute Gasteiger partial charge is 0.153 e. The van der Waals surface area contributed by atoms with Crippen LogP contribution in [0.15, 0.2) is 89.4 Å². The molecule has 6 rings (SSSR count). The first-order valence-electron chi connectivity index (χ1n) is 15.4. The van der Waals surface area contributed by atoms with Gasteiger partial charge in [0.1, 0.15) is 17.2 Å². The molecule has 0 saturated carbocycles. The van der Waals surface area contributed by atoms with Crippen LogP contribution in [-0.4, -0.2) is 61.9 Å². The van der Waals surface area contributed by atoms with Gasteiger partial charge in [-0.2, -0.15) is 0 Å². The standard InChI is InChI=1S/C37H35BrN2O5S/c38-29-7-4-26(5-8-29)37-36(34-15-10-31(43)23-35(34)46-37)45-33-13-11-32(12-14-33)44-21-3-1-2-16-39-17-19-40(20-18-39)30-9-6-27(24-41)28(22-30)25-42/h4-15,22-25,43H,1-3,16-21H2. The summed E-state index contributed by atoms with van der Waals surface area (Å²) in [4.78, 5) is 28.2. The van der Waals surface area contributed by atoms with Crippen LogP contribution in [0.5, 0.6) is 23.0 Å². The summed E-state index contributed by atoms with van der Waals surface area (Å²) < 4.78 is 14.4. The number of carbonyl (C=O) groups excluding carboxylic acids is 2. The summed E-state index contributed by atoms with van der Waals surface area (Å²) in [6.45, 7) is 5.48. The van der Waals surface area contributed by atoms with Crippen molar-refractivity contribution in [3.63, 3.8) is 0 Å². The van der Waals surface area contributed by atoms with Crippen LogP contribution in [0.1, 0.15) is 40.0 Å². The first-order chi connectivity index (χ1) is 22.5. The fourth-order valence-corrected chi connectivity index (χ4v) is 7.11. The molecule has 0 radical (unpaired) electrons. The second kappa shape index (κ2) is 14.9. The number of aromatic hydroxyl groups is 1. The number of aldehydes is 2. The third-order valence-corrected chi connectivity index (χ3v) is 9.94. The molecule has 1 aromatic heterocycles.